The third kappa shape index (κ3) is 32.0. The van der Waals surface area contributed by atoms with Crippen LogP contribution in [0, 0.1) is 25.7 Å². The van der Waals surface area contributed by atoms with Crippen LogP contribution >= 0.6 is 11.8 Å². The van der Waals surface area contributed by atoms with Gasteiger partial charge in [-0.05, 0) is 136 Å². The lowest BCUT2D eigenvalue weighted by atomic mass is 9.74. The monoisotopic (exact) mass is 2050 g/mol. The lowest BCUT2D eigenvalue weighted by molar-refractivity contribution is -0.149. The number of hydrogen-bond acceptors (Lipinski definition) is 25. The highest BCUT2D eigenvalue weighted by atomic mass is 32.2. The molecule has 794 valence electrons. The molecule has 0 spiro atoms. The molecular weight excluding hydrogens is 1910 g/mol. The summed E-state index contributed by atoms with van der Waals surface area (Å²) in [5.41, 5.74) is 21.7. The van der Waals surface area contributed by atoms with Crippen molar-refractivity contribution in [2.75, 3.05) is 65.4 Å². The molecule has 2 aromatic heterocycles. The number of aliphatic hydroxyl groups excluding tert-OH is 1. The van der Waals surface area contributed by atoms with Crippen LogP contribution in [-0.2, 0) is 119 Å². The Balaban J connectivity index is 1.14. The van der Waals surface area contributed by atoms with E-state index in [0.717, 1.165) is 36.3 Å². The maximum atomic E-state index is 16.1. The van der Waals surface area contributed by atoms with Crippen molar-refractivity contribution < 1.29 is 112 Å². The number of phenolic OH excluding ortho intramolecular Hbond substituents is 1. The van der Waals surface area contributed by atoms with Crippen molar-refractivity contribution in [2.45, 2.75) is 269 Å². The molecule has 6 aromatic rings. The fourth-order valence-corrected chi connectivity index (χ4v) is 19.6. The van der Waals surface area contributed by atoms with Gasteiger partial charge in [0.2, 0.25) is 100 Å². The maximum Gasteiger partial charge on any atom is 0.488 e. The molecule has 17 amide bonds. The third-order valence-corrected chi connectivity index (χ3v) is 27.5. The smallest absolute Gasteiger partial charge is 0.488 e. The topological polar surface area (TPSA) is 656 Å². The average Bonchev–Trinajstić information content (AvgIpc) is 1.65. The Bertz CT molecular complexity index is 5660. The van der Waals surface area contributed by atoms with E-state index in [4.69, 9.17) is 17.2 Å². The molecule has 23 N–H and O–H groups in total. The van der Waals surface area contributed by atoms with Crippen molar-refractivity contribution in [1.29, 1.82) is 0 Å². The lowest BCUT2D eigenvalue weighted by Gasteiger charge is -2.36. The number of carboxylic acids is 1. The number of unbranched alkanes of at least 4 members (excludes halogenated alkanes) is 2. The van der Waals surface area contributed by atoms with Gasteiger partial charge in [-0.2, -0.15) is 0 Å². The van der Waals surface area contributed by atoms with Crippen LogP contribution in [0.1, 0.15) is 165 Å². The number of likely N-dealkylation sites (N-methyl/N-ethyl adjacent to an activating group) is 3. The highest BCUT2D eigenvalue weighted by Gasteiger charge is 2.47. The quantitative estimate of drug-likeness (QED) is 0.0215. The zero-order valence-corrected chi connectivity index (χ0v) is 85.5. The van der Waals surface area contributed by atoms with Crippen molar-refractivity contribution >= 4 is 153 Å². The molecular formula is C100H142BN21O23S. The van der Waals surface area contributed by atoms with Gasteiger partial charge in [0, 0.05) is 113 Å². The summed E-state index contributed by atoms with van der Waals surface area (Å²) in [6, 6.07) is 0.746. The number of benzene rings is 4. The molecule has 0 unspecified atom stereocenters. The van der Waals surface area contributed by atoms with Crippen molar-refractivity contribution in [3.8, 4) is 5.75 Å². The number of thioether (sulfide) groups is 1. The van der Waals surface area contributed by atoms with E-state index in [1.807, 2.05) is 13.8 Å². The summed E-state index contributed by atoms with van der Waals surface area (Å²) in [5.74, 6) is -19.1. The molecule has 3 aliphatic heterocycles. The highest BCUT2D eigenvalue weighted by molar-refractivity contribution is 8.00. The van der Waals surface area contributed by atoms with Crippen LogP contribution in [0.25, 0.3) is 21.8 Å². The Morgan fingerprint density at radius 1 is 0.562 bits per heavy atom. The van der Waals surface area contributed by atoms with Gasteiger partial charge >= 0.3 is 13.1 Å². The SMILES string of the molecule is CCCC[C@H]1C(=O)N(C)[C@@H](CCCC)C(=O)N[C@@H](CC(C)C)C(=O)N[C@H](C(=O)NCC(N)=O)CSCC(=O)N[C@@H](Cc2ccc(O)cc2)C(=O)N(C)[C@@H](C)C(=O)N[C@@H](CC(N)=O)C(=O)N2CCC[C@H]2C(=O)N[C@@H](CNCc2cc(C)c(B(O)O)c(C)c2)C(=O)N[C@@H](CC(C)C)C(=O)N2C[C@H](O)C[C@H]2C(=O)N[C@@H](Cc2c[nH]c3ccccc23)C(=O)N[C@@H](CCN)C(=O)N[C@@H](Cc2cn(CC(=O)O)c3ccccc23)C(=O)N1C. The number of para-hydroxylation sites is 2. The number of nitrogens with two attached hydrogens (primary N) is 3. The van der Waals surface area contributed by atoms with Crippen LogP contribution in [0.3, 0.4) is 0 Å². The minimum Gasteiger partial charge on any atom is -0.508 e. The number of aromatic hydroxyl groups is 1. The summed E-state index contributed by atoms with van der Waals surface area (Å²) in [6.45, 7) is 12.6. The molecule has 0 bridgehead atoms. The van der Waals surface area contributed by atoms with Crippen LogP contribution in [-0.4, -0.2) is 329 Å². The number of phenols is 1. The van der Waals surface area contributed by atoms with Gasteiger partial charge < -0.3 is 135 Å². The number of carbonyl (C=O) groups is 18. The van der Waals surface area contributed by atoms with Gasteiger partial charge in [-0.1, -0.05) is 139 Å². The molecule has 4 aromatic carbocycles. The van der Waals surface area contributed by atoms with Gasteiger partial charge in [0.15, 0.2) is 0 Å². The number of nitrogens with zero attached hydrogens (tertiary/aromatic N) is 6. The summed E-state index contributed by atoms with van der Waals surface area (Å²) < 4.78 is 1.44. The summed E-state index contributed by atoms with van der Waals surface area (Å²) in [4.78, 5) is 275. The Kier molecular flexibility index (Phi) is 43.4. The lowest BCUT2D eigenvalue weighted by Crippen LogP contribution is -2.62. The molecule has 15 atom stereocenters. The average molecular weight is 2050 g/mol. The first kappa shape index (κ1) is 116. The number of H-pyrrole nitrogens is 1. The molecule has 0 saturated carbocycles. The molecule has 44 nitrogen and oxygen atoms in total. The minimum atomic E-state index is -1.82. The van der Waals surface area contributed by atoms with E-state index >= 15 is 47.9 Å². The van der Waals surface area contributed by atoms with Crippen molar-refractivity contribution in [1.82, 2.24) is 92.5 Å². The molecule has 3 aliphatic rings. The number of aliphatic carboxylic acids is 1. The van der Waals surface area contributed by atoms with E-state index in [0.29, 0.717) is 80.9 Å². The summed E-state index contributed by atoms with van der Waals surface area (Å²) in [5, 5.41) is 83.7. The van der Waals surface area contributed by atoms with E-state index < -0.39 is 261 Å². The van der Waals surface area contributed by atoms with E-state index in [-0.39, 0.29) is 101 Å². The number of aryl methyl sites for hydroxylation is 2. The first-order chi connectivity index (χ1) is 69.2. The number of nitrogens with one attached hydrogen (secondary N) is 12. The van der Waals surface area contributed by atoms with Gasteiger partial charge in [0.05, 0.1) is 24.8 Å². The molecule has 46 heteroatoms. The van der Waals surface area contributed by atoms with Crippen LogP contribution in [0.2, 0.25) is 0 Å². The summed E-state index contributed by atoms with van der Waals surface area (Å²) in [7, 11) is 2.09. The zero-order chi connectivity index (χ0) is 107. The van der Waals surface area contributed by atoms with Crippen LogP contribution in [0.4, 0.5) is 0 Å². The first-order valence-electron chi connectivity index (χ1n) is 49.4. The number of aromatic nitrogens is 2. The van der Waals surface area contributed by atoms with Crippen molar-refractivity contribution in [2.24, 2.45) is 29.0 Å². The Hall–Kier alpha value is -13.6. The fourth-order valence-electron chi connectivity index (χ4n) is 18.7. The second-order valence-electron chi connectivity index (χ2n) is 38.7. The minimum absolute atomic E-state index is 0.00692. The molecule has 5 heterocycles. The Morgan fingerprint density at radius 2 is 1.11 bits per heavy atom. The Morgan fingerprint density at radius 3 is 1.75 bits per heavy atom. The number of carbonyl (C=O) groups excluding carboxylic acids is 17. The Labute approximate surface area is 852 Å². The van der Waals surface area contributed by atoms with Gasteiger partial charge in [0.25, 0.3) is 0 Å². The summed E-state index contributed by atoms with van der Waals surface area (Å²) >= 11 is 0.778. The van der Waals surface area contributed by atoms with Gasteiger partial charge in [-0.3, -0.25) is 86.3 Å². The fraction of sp³-hybridized carbons (Fsp3) is 0.540. The zero-order valence-electron chi connectivity index (χ0n) is 84.7. The first-order valence-corrected chi connectivity index (χ1v) is 50.6. The predicted molar refractivity (Wildman–Crippen MR) is 543 cm³/mol. The second kappa shape index (κ2) is 54.6. The predicted octanol–water partition coefficient (Wildman–Crippen LogP) is -2.11. The number of carboxylic acid groups (broad SMARTS) is 1. The number of hydrogen-bond donors (Lipinski definition) is 20. The number of aliphatic hydroxyl groups is 1. The molecule has 0 radical (unpaired) electrons. The van der Waals surface area contributed by atoms with Gasteiger partial charge in [-0.25, -0.2) is 0 Å². The van der Waals surface area contributed by atoms with Crippen LogP contribution < -0.4 is 81.1 Å². The van der Waals surface area contributed by atoms with Crippen LogP contribution in [0.5, 0.6) is 5.75 Å². The van der Waals surface area contributed by atoms with Gasteiger partial charge in [0.1, 0.15) is 96.9 Å². The number of aromatic amines is 1. The van der Waals surface area contributed by atoms with Gasteiger partial charge in [-0.15, -0.1) is 11.8 Å². The number of amides is 17. The van der Waals surface area contributed by atoms with Crippen LogP contribution in [0.15, 0.2) is 97.3 Å². The van der Waals surface area contributed by atoms with E-state index in [1.165, 1.54) is 63.1 Å². The molecule has 0 aliphatic carbocycles. The molecule has 9 rings (SSSR count). The third-order valence-electron chi connectivity index (χ3n) is 26.4. The number of primary amides is 2. The molecule has 3 saturated heterocycles. The number of rotatable bonds is 30. The molecule has 3 fully saturated rings. The van der Waals surface area contributed by atoms with E-state index in [1.54, 1.807) is 108 Å². The summed E-state index contributed by atoms with van der Waals surface area (Å²) in [6.07, 6.45) is 0.608. The standard InChI is InChI=1S/C100H142BN21O23S/c1-13-15-25-78-93(136)110-69(36-54(3)4)90(133)116-76(88(131)107-48-83(104)126)52-146-53-84(127)108-72(40-59-29-31-63(123)32-30-59)96(139)117(10)58(9)87(130)112-74(44-82(103)125)98(141)121-35-21-28-79(121)94(137)115-75(47-105-45-60-38-56(7)86(101(144)145)57(8)39-60)92(135)113-71(37-55(5)6)99(142)122-50-64(124)43-81(122)95(138)111-70(41-61-46-106-67-24-19-17-22-65(61)67)91(134)109-68(33-34-102)89(132)114-73(97(140)119(12)80(26-16-14-2)100(143)118(78)11)42-62-49-120(51-85(128)129)77-27-20-18-23-66(62)77/h17-20,22-24,27,29-32,38-39,46,49,54-55,58,64,68-76,78-81,105-106,123-124,144-145H,13-16,21,25-26,28,33-37,40-45,47-48,50-53,102H2,1-12H3,(H2,103,125)(H2,104,126)(H,107,131)(H,108,127)(H,109,134)(H,110,136)(H,111,138)(H,112,130)(H,113,135)(H,114,132)(H,115,137)(H,116,133)(H,128,129)/t58-,64+,68-,69-,70-,71-,72-,73-,74-,75-,76-,78-,79-,80-,81-/m0/s1. The van der Waals surface area contributed by atoms with Crippen molar-refractivity contribution in [3.63, 3.8) is 0 Å². The second-order valence-corrected chi connectivity index (χ2v) is 39.8. The largest absolute Gasteiger partial charge is 0.508 e. The molecule has 146 heavy (non-hydrogen) atoms. The maximum absolute atomic E-state index is 16.1. The number of fused-ring (bicyclic) bond motifs is 4. The normalized spacial score (nSPS) is 23.8. The van der Waals surface area contributed by atoms with E-state index in [9.17, 15) is 63.7 Å². The van der Waals surface area contributed by atoms with Crippen molar-refractivity contribution in [3.05, 3.63) is 131 Å². The highest BCUT2D eigenvalue weighted by Crippen LogP contribution is 2.30. The van der Waals surface area contributed by atoms with E-state index in [2.05, 4.69) is 63.5 Å².